The lowest BCUT2D eigenvalue weighted by Gasteiger charge is -2.10. The summed E-state index contributed by atoms with van der Waals surface area (Å²) in [4.78, 5) is 12.1. The lowest BCUT2D eigenvalue weighted by Crippen LogP contribution is -2.20. The summed E-state index contributed by atoms with van der Waals surface area (Å²) >= 11 is 0. The van der Waals surface area contributed by atoms with E-state index in [9.17, 15) is 4.79 Å². The van der Waals surface area contributed by atoms with Crippen molar-refractivity contribution in [1.82, 2.24) is 0 Å². The highest BCUT2D eigenvalue weighted by atomic mass is 16.5. The highest BCUT2D eigenvalue weighted by Gasteiger charge is 2.05. The van der Waals surface area contributed by atoms with Gasteiger partial charge in [0.05, 0.1) is 18.2 Å². The summed E-state index contributed by atoms with van der Waals surface area (Å²) < 4.78 is 11.2. The van der Waals surface area contributed by atoms with Gasteiger partial charge in [-0.25, -0.2) is 0 Å². The highest BCUT2D eigenvalue weighted by molar-refractivity contribution is 5.91. The Labute approximate surface area is 176 Å². The molecule has 152 valence electrons. The highest BCUT2D eigenvalue weighted by Crippen LogP contribution is 2.23. The number of unbranched alkanes of at least 4 members (excludes halogenated alkanes) is 1. The number of rotatable bonds is 9. The number of nitrogens with one attached hydrogen (secondary N) is 1. The van der Waals surface area contributed by atoms with Crippen LogP contribution in [0.15, 0.2) is 72.8 Å². The van der Waals surface area contributed by atoms with Crippen LogP contribution < -0.4 is 14.8 Å². The Morgan fingerprint density at radius 3 is 2.03 bits per heavy atom. The second kappa shape index (κ2) is 10.7. The first-order valence-corrected chi connectivity index (χ1v) is 9.94. The van der Waals surface area contributed by atoms with E-state index in [0.717, 1.165) is 29.7 Å². The van der Waals surface area contributed by atoms with Gasteiger partial charge < -0.3 is 14.8 Å². The third kappa shape index (κ3) is 6.11. The standard InChI is InChI=1S/C25H24N2O3/c1-2-3-16-29-23-14-10-22(11-15-23)27-25(28)18-30-24-12-8-21(9-13-24)20-6-4-19(17-26)5-7-20/h4-15H,2-3,16,18H2,1H3,(H,27,28). The van der Waals surface area contributed by atoms with Crippen molar-refractivity contribution < 1.29 is 14.3 Å². The molecule has 3 aromatic rings. The number of anilines is 1. The number of hydrogen-bond donors (Lipinski definition) is 1. The van der Waals surface area contributed by atoms with Gasteiger partial charge in [-0.15, -0.1) is 0 Å². The minimum absolute atomic E-state index is 0.0784. The monoisotopic (exact) mass is 400 g/mol. The first-order chi connectivity index (χ1) is 14.7. The molecule has 0 aliphatic heterocycles. The molecule has 5 nitrogen and oxygen atoms in total. The maximum Gasteiger partial charge on any atom is 0.262 e. The molecule has 30 heavy (non-hydrogen) atoms. The van der Waals surface area contributed by atoms with Crippen LogP contribution in [-0.2, 0) is 4.79 Å². The Morgan fingerprint density at radius 2 is 1.43 bits per heavy atom. The van der Waals surface area contributed by atoms with Crippen LogP contribution in [0.4, 0.5) is 5.69 Å². The smallest absolute Gasteiger partial charge is 0.262 e. The molecule has 0 saturated carbocycles. The van der Waals surface area contributed by atoms with Gasteiger partial charge in [0.15, 0.2) is 6.61 Å². The van der Waals surface area contributed by atoms with E-state index in [1.807, 2.05) is 60.7 Å². The van der Waals surface area contributed by atoms with Gasteiger partial charge in [-0.2, -0.15) is 5.26 Å². The molecule has 5 heteroatoms. The number of carbonyl (C=O) groups is 1. The molecule has 0 aliphatic rings. The molecule has 0 atom stereocenters. The third-order valence-corrected chi connectivity index (χ3v) is 4.48. The number of hydrogen-bond acceptors (Lipinski definition) is 4. The van der Waals surface area contributed by atoms with Crippen LogP contribution in [0.5, 0.6) is 11.5 Å². The van der Waals surface area contributed by atoms with Crippen molar-refractivity contribution in [1.29, 1.82) is 5.26 Å². The topological polar surface area (TPSA) is 71.3 Å². The van der Waals surface area contributed by atoms with Crippen LogP contribution >= 0.6 is 0 Å². The molecule has 1 amide bonds. The molecule has 0 radical (unpaired) electrons. The minimum atomic E-state index is -0.231. The van der Waals surface area contributed by atoms with Crippen molar-refractivity contribution in [3.63, 3.8) is 0 Å². The number of nitriles is 1. The van der Waals surface area contributed by atoms with E-state index in [0.29, 0.717) is 23.6 Å². The van der Waals surface area contributed by atoms with Gasteiger partial charge in [-0.3, -0.25) is 4.79 Å². The number of amides is 1. The SMILES string of the molecule is CCCCOc1ccc(NC(=O)COc2ccc(-c3ccc(C#N)cc3)cc2)cc1. The molecule has 0 saturated heterocycles. The number of nitrogens with zero attached hydrogens (tertiary/aromatic N) is 1. The molecule has 0 aromatic heterocycles. The first kappa shape index (κ1) is 20.9. The van der Waals surface area contributed by atoms with E-state index in [2.05, 4.69) is 18.3 Å². The zero-order chi connectivity index (χ0) is 21.2. The van der Waals surface area contributed by atoms with Crippen molar-refractivity contribution in [3.8, 4) is 28.7 Å². The Bertz CT molecular complexity index is 989. The fraction of sp³-hybridized carbons (Fsp3) is 0.200. The average Bonchev–Trinajstić information content (AvgIpc) is 2.79. The maximum atomic E-state index is 12.1. The fourth-order valence-corrected chi connectivity index (χ4v) is 2.80. The Morgan fingerprint density at radius 1 is 0.867 bits per heavy atom. The van der Waals surface area contributed by atoms with E-state index >= 15 is 0 Å². The van der Waals surface area contributed by atoms with Crippen molar-refractivity contribution in [2.45, 2.75) is 19.8 Å². The van der Waals surface area contributed by atoms with Crippen molar-refractivity contribution in [3.05, 3.63) is 78.4 Å². The van der Waals surface area contributed by atoms with E-state index in [1.54, 1.807) is 12.1 Å². The predicted octanol–water partition coefficient (Wildman–Crippen LogP) is 5.42. The van der Waals surface area contributed by atoms with Crippen LogP contribution in [-0.4, -0.2) is 19.1 Å². The van der Waals surface area contributed by atoms with Crippen LogP contribution in [0, 0.1) is 11.3 Å². The Kier molecular flexibility index (Phi) is 7.45. The van der Waals surface area contributed by atoms with Gasteiger partial charge in [-0.1, -0.05) is 37.6 Å². The molecular weight excluding hydrogens is 376 g/mol. The van der Waals surface area contributed by atoms with Crippen molar-refractivity contribution in [2.75, 3.05) is 18.5 Å². The number of carbonyl (C=O) groups excluding carboxylic acids is 1. The summed E-state index contributed by atoms with van der Waals surface area (Å²) in [6.07, 6.45) is 2.11. The Hall–Kier alpha value is -3.78. The predicted molar refractivity (Wildman–Crippen MR) is 118 cm³/mol. The maximum absolute atomic E-state index is 12.1. The minimum Gasteiger partial charge on any atom is -0.494 e. The lowest BCUT2D eigenvalue weighted by molar-refractivity contribution is -0.118. The van der Waals surface area contributed by atoms with E-state index in [1.165, 1.54) is 0 Å². The average molecular weight is 400 g/mol. The van der Waals surface area contributed by atoms with Crippen molar-refractivity contribution >= 4 is 11.6 Å². The molecule has 0 heterocycles. The van der Waals surface area contributed by atoms with Crippen LogP contribution in [0.2, 0.25) is 0 Å². The molecule has 0 aliphatic carbocycles. The summed E-state index contributed by atoms with van der Waals surface area (Å²) in [6, 6.07) is 24.3. The number of benzene rings is 3. The van der Waals surface area contributed by atoms with Gasteiger partial charge in [-0.05, 0) is 66.1 Å². The first-order valence-electron chi connectivity index (χ1n) is 9.94. The van der Waals surface area contributed by atoms with E-state index in [4.69, 9.17) is 14.7 Å². The van der Waals surface area contributed by atoms with E-state index in [-0.39, 0.29) is 12.5 Å². The number of ether oxygens (including phenoxy) is 2. The molecule has 3 aromatic carbocycles. The molecule has 0 unspecified atom stereocenters. The summed E-state index contributed by atoms with van der Waals surface area (Å²) in [5.41, 5.74) is 3.35. The van der Waals surface area contributed by atoms with Gasteiger partial charge in [0, 0.05) is 5.69 Å². The van der Waals surface area contributed by atoms with E-state index < -0.39 is 0 Å². The van der Waals surface area contributed by atoms with Gasteiger partial charge >= 0.3 is 0 Å². The second-order valence-corrected chi connectivity index (χ2v) is 6.78. The summed E-state index contributed by atoms with van der Waals surface area (Å²) in [5, 5.41) is 11.7. The van der Waals surface area contributed by atoms with Gasteiger partial charge in [0.1, 0.15) is 11.5 Å². The molecule has 0 fully saturated rings. The summed E-state index contributed by atoms with van der Waals surface area (Å²) in [7, 11) is 0. The Balaban J connectivity index is 1.48. The van der Waals surface area contributed by atoms with Gasteiger partial charge in [0.25, 0.3) is 5.91 Å². The molecular formula is C25H24N2O3. The van der Waals surface area contributed by atoms with Crippen LogP contribution in [0.3, 0.4) is 0 Å². The quantitative estimate of drug-likeness (QED) is 0.487. The molecule has 3 rings (SSSR count). The molecule has 0 spiro atoms. The zero-order valence-corrected chi connectivity index (χ0v) is 16.9. The third-order valence-electron chi connectivity index (χ3n) is 4.48. The zero-order valence-electron chi connectivity index (χ0n) is 16.9. The molecule has 0 bridgehead atoms. The fourth-order valence-electron chi connectivity index (χ4n) is 2.80. The van der Waals surface area contributed by atoms with Crippen LogP contribution in [0.1, 0.15) is 25.3 Å². The normalized spacial score (nSPS) is 10.1. The van der Waals surface area contributed by atoms with Crippen LogP contribution in [0.25, 0.3) is 11.1 Å². The molecule has 1 N–H and O–H groups in total. The second-order valence-electron chi connectivity index (χ2n) is 6.78. The van der Waals surface area contributed by atoms with Crippen molar-refractivity contribution in [2.24, 2.45) is 0 Å². The largest absolute Gasteiger partial charge is 0.494 e. The summed E-state index contributed by atoms with van der Waals surface area (Å²) in [6.45, 7) is 2.73. The van der Waals surface area contributed by atoms with Gasteiger partial charge in [0.2, 0.25) is 0 Å². The summed E-state index contributed by atoms with van der Waals surface area (Å²) in [5.74, 6) is 1.17. The lowest BCUT2D eigenvalue weighted by atomic mass is 10.0.